The predicted octanol–water partition coefficient (Wildman–Crippen LogP) is 4.49. The fraction of sp³-hybridized carbons (Fsp3) is 0.368. The van der Waals surface area contributed by atoms with Gasteiger partial charge in [0, 0.05) is 21.5 Å². The summed E-state index contributed by atoms with van der Waals surface area (Å²) >= 11 is 3.50. The van der Waals surface area contributed by atoms with Crippen molar-refractivity contribution < 1.29 is 9.53 Å². The van der Waals surface area contributed by atoms with E-state index >= 15 is 0 Å². The van der Waals surface area contributed by atoms with Crippen molar-refractivity contribution in [2.45, 2.75) is 40.2 Å². The van der Waals surface area contributed by atoms with E-state index in [0.29, 0.717) is 0 Å². The SMILES string of the molecule is CC.COC(=O)CC1=C(C)N2NC(c3cccc(Br)c3)C=C2N=C1C. The molecule has 134 valence electrons. The summed E-state index contributed by atoms with van der Waals surface area (Å²) in [6, 6.07) is 8.21. The first-order chi connectivity index (χ1) is 12.0. The van der Waals surface area contributed by atoms with Crippen LogP contribution in [0.1, 0.15) is 45.7 Å². The van der Waals surface area contributed by atoms with Gasteiger partial charge in [0.05, 0.1) is 19.6 Å². The van der Waals surface area contributed by atoms with Crippen LogP contribution in [0.4, 0.5) is 0 Å². The summed E-state index contributed by atoms with van der Waals surface area (Å²) in [6.07, 6.45) is 2.31. The molecule has 0 saturated carbocycles. The molecule has 0 saturated heterocycles. The highest BCUT2D eigenvalue weighted by molar-refractivity contribution is 9.10. The summed E-state index contributed by atoms with van der Waals surface area (Å²) in [5.41, 5.74) is 7.31. The summed E-state index contributed by atoms with van der Waals surface area (Å²) in [6.45, 7) is 7.91. The molecule has 1 N–H and O–H groups in total. The molecule has 1 atom stereocenters. The Labute approximate surface area is 157 Å². The lowest BCUT2D eigenvalue weighted by Gasteiger charge is -2.29. The van der Waals surface area contributed by atoms with Crippen molar-refractivity contribution in [1.82, 2.24) is 10.4 Å². The number of carbonyl (C=O) groups excluding carboxylic acids is 1. The van der Waals surface area contributed by atoms with Gasteiger partial charge >= 0.3 is 5.97 Å². The van der Waals surface area contributed by atoms with Crippen LogP contribution < -0.4 is 5.43 Å². The van der Waals surface area contributed by atoms with E-state index in [1.54, 1.807) is 0 Å². The Kier molecular flexibility index (Phi) is 6.56. The van der Waals surface area contributed by atoms with Crippen molar-refractivity contribution in [2.75, 3.05) is 7.11 Å². The van der Waals surface area contributed by atoms with Gasteiger partial charge in [-0.25, -0.2) is 10.4 Å². The van der Waals surface area contributed by atoms with E-state index in [-0.39, 0.29) is 18.4 Å². The van der Waals surface area contributed by atoms with Crippen molar-refractivity contribution in [3.8, 4) is 0 Å². The van der Waals surface area contributed by atoms with Crippen molar-refractivity contribution in [3.63, 3.8) is 0 Å². The largest absolute Gasteiger partial charge is 0.469 e. The molecule has 0 aliphatic carbocycles. The van der Waals surface area contributed by atoms with E-state index in [9.17, 15) is 4.79 Å². The summed E-state index contributed by atoms with van der Waals surface area (Å²) < 4.78 is 5.82. The fourth-order valence-electron chi connectivity index (χ4n) is 2.80. The monoisotopic (exact) mass is 405 g/mol. The molecule has 2 aliphatic heterocycles. The van der Waals surface area contributed by atoms with Gasteiger partial charge in [-0.3, -0.25) is 9.80 Å². The van der Waals surface area contributed by atoms with Gasteiger partial charge in [-0.1, -0.05) is 41.9 Å². The second-order valence-corrected chi connectivity index (χ2v) is 6.45. The van der Waals surface area contributed by atoms with Gasteiger partial charge in [0.25, 0.3) is 0 Å². The van der Waals surface area contributed by atoms with Crippen LogP contribution in [-0.2, 0) is 9.53 Å². The molecular weight excluding hydrogens is 382 g/mol. The lowest BCUT2D eigenvalue weighted by atomic mass is 10.0. The topological polar surface area (TPSA) is 53.9 Å². The smallest absolute Gasteiger partial charge is 0.310 e. The number of hydrogen-bond donors (Lipinski definition) is 1. The number of aliphatic imine (C=N–C) groups is 1. The number of halogens is 1. The number of allylic oxidation sites excluding steroid dienone is 1. The minimum atomic E-state index is -0.260. The van der Waals surface area contributed by atoms with Crippen LogP contribution in [0.5, 0.6) is 0 Å². The molecule has 1 unspecified atom stereocenters. The van der Waals surface area contributed by atoms with E-state index in [1.165, 1.54) is 7.11 Å². The highest BCUT2D eigenvalue weighted by atomic mass is 79.9. The van der Waals surface area contributed by atoms with Crippen LogP contribution in [0.25, 0.3) is 0 Å². The number of esters is 1. The van der Waals surface area contributed by atoms with Crippen LogP contribution in [-0.4, -0.2) is 23.8 Å². The molecule has 1 aromatic carbocycles. The van der Waals surface area contributed by atoms with E-state index < -0.39 is 0 Å². The molecule has 25 heavy (non-hydrogen) atoms. The average molecular weight is 406 g/mol. The highest BCUT2D eigenvalue weighted by Crippen LogP contribution is 2.33. The van der Waals surface area contributed by atoms with Gasteiger partial charge in [-0.15, -0.1) is 0 Å². The Morgan fingerprint density at radius 3 is 2.72 bits per heavy atom. The molecule has 0 aromatic heterocycles. The number of hydrogen-bond acceptors (Lipinski definition) is 5. The molecule has 6 heteroatoms. The van der Waals surface area contributed by atoms with E-state index in [1.807, 2.05) is 44.8 Å². The molecule has 0 spiro atoms. The van der Waals surface area contributed by atoms with Gasteiger partial charge < -0.3 is 4.74 Å². The summed E-state index contributed by atoms with van der Waals surface area (Å²) in [4.78, 5) is 16.2. The van der Waals surface area contributed by atoms with Crippen molar-refractivity contribution in [1.29, 1.82) is 0 Å². The normalized spacial score (nSPS) is 18.8. The Bertz CT molecular complexity index is 753. The third-order valence-corrected chi connectivity index (χ3v) is 4.55. The van der Waals surface area contributed by atoms with Crippen molar-refractivity contribution in [2.24, 2.45) is 4.99 Å². The Morgan fingerprint density at radius 1 is 1.36 bits per heavy atom. The zero-order valence-corrected chi connectivity index (χ0v) is 16.8. The zero-order chi connectivity index (χ0) is 18.6. The molecule has 2 aliphatic rings. The molecule has 2 heterocycles. The van der Waals surface area contributed by atoms with E-state index in [0.717, 1.165) is 32.8 Å². The molecule has 0 radical (unpaired) electrons. The van der Waals surface area contributed by atoms with Crippen LogP contribution in [0.3, 0.4) is 0 Å². The van der Waals surface area contributed by atoms with E-state index in [2.05, 4.69) is 44.6 Å². The predicted molar refractivity (Wildman–Crippen MR) is 104 cm³/mol. The minimum absolute atomic E-state index is 0.0477. The minimum Gasteiger partial charge on any atom is -0.469 e. The molecule has 0 bridgehead atoms. The van der Waals surface area contributed by atoms with Crippen LogP contribution >= 0.6 is 15.9 Å². The summed E-state index contributed by atoms with van der Waals surface area (Å²) in [5, 5.41) is 1.94. The maximum Gasteiger partial charge on any atom is 0.310 e. The molecule has 0 amide bonds. The van der Waals surface area contributed by atoms with E-state index in [4.69, 9.17) is 4.74 Å². The van der Waals surface area contributed by atoms with Crippen LogP contribution in [0.2, 0.25) is 0 Å². The third-order valence-electron chi connectivity index (χ3n) is 4.06. The first kappa shape index (κ1) is 19.4. The van der Waals surface area contributed by atoms with Crippen molar-refractivity contribution >= 4 is 27.6 Å². The van der Waals surface area contributed by atoms with Gasteiger partial charge in [-0.2, -0.15) is 0 Å². The van der Waals surface area contributed by atoms with Crippen LogP contribution in [0.15, 0.2) is 56.9 Å². The molecule has 5 nitrogen and oxygen atoms in total. The van der Waals surface area contributed by atoms with Gasteiger partial charge in [-0.05, 0) is 37.6 Å². The molecular formula is C19H24BrN3O2. The number of carbonyl (C=O) groups is 1. The second-order valence-electron chi connectivity index (χ2n) is 5.54. The Balaban J connectivity index is 0.00000109. The van der Waals surface area contributed by atoms with Gasteiger partial charge in [0.2, 0.25) is 0 Å². The quantitative estimate of drug-likeness (QED) is 0.752. The second kappa shape index (κ2) is 8.45. The first-order valence-corrected chi connectivity index (χ1v) is 9.14. The van der Waals surface area contributed by atoms with Crippen molar-refractivity contribution in [3.05, 3.63) is 57.5 Å². The Hall–Kier alpha value is -1.92. The maximum absolute atomic E-state index is 11.6. The molecule has 0 fully saturated rings. The zero-order valence-electron chi connectivity index (χ0n) is 15.3. The number of hydrazine groups is 1. The number of nitrogens with zero attached hydrogens (tertiary/aromatic N) is 2. The number of nitrogens with one attached hydrogen (secondary N) is 1. The maximum atomic E-state index is 11.6. The first-order valence-electron chi connectivity index (χ1n) is 8.35. The van der Waals surface area contributed by atoms with Gasteiger partial charge in [0.15, 0.2) is 0 Å². The number of methoxy groups -OCH3 is 1. The number of rotatable bonds is 3. The number of ether oxygens (including phenoxy) is 1. The standard InChI is InChI=1S/C17H18BrN3O2.C2H6/c1-10-14(8-17(22)23-3)11(2)21-16(19-10)9-15(20-21)12-5-4-6-13(18)7-12;1-2/h4-7,9,15,20H,8H2,1-3H3;1-2H3. The van der Waals surface area contributed by atoms with Gasteiger partial charge in [0.1, 0.15) is 5.82 Å². The lowest BCUT2D eigenvalue weighted by molar-refractivity contribution is -0.139. The summed E-state index contributed by atoms with van der Waals surface area (Å²) in [7, 11) is 1.40. The lowest BCUT2D eigenvalue weighted by Crippen LogP contribution is -2.35. The highest BCUT2D eigenvalue weighted by Gasteiger charge is 2.30. The third kappa shape index (κ3) is 4.19. The van der Waals surface area contributed by atoms with Crippen LogP contribution in [0, 0.1) is 0 Å². The Morgan fingerprint density at radius 2 is 2.08 bits per heavy atom. The molecule has 1 aromatic rings. The fourth-order valence-corrected chi connectivity index (χ4v) is 3.22. The number of fused-ring (bicyclic) bond motifs is 1. The molecule has 3 rings (SSSR count). The number of benzene rings is 1. The average Bonchev–Trinajstić information content (AvgIpc) is 3.04. The summed E-state index contributed by atoms with van der Waals surface area (Å²) in [5.74, 6) is 0.600.